The smallest absolute Gasteiger partial charge is 0.273 e. The van der Waals surface area contributed by atoms with Gasteiger partial charge in [0.1, 0.15) is 12.3 Å². The molecule has 0 aliphatic carbocycles. The molecule has 138 valence electrons. The molecule has 1 amide bonds. The summed E-state index contributed by atoms with van der Waals surface area (Å²) >= 11 is 4.90. The predicted octanol–water partition coefficient (Wildman–Crippen LogP) is 2.53. The molecule has 1 aliphatic rings. The topological polar surface area (TPSA) is 103 Å². The van der Waals surface area contributed by atoms with E-state index in [0.717, 1.165) is 11.1 Å². The maximum atomic E-state index is 11.7. The Labute approximate surface area is 159 Å². The van der Waals surface area contributed by atoms with Crippen molar-refractivity contribution in [2.45, 2.75) is 6.61 Å². The summed E-state index contributed by atoms with van der Waals surface area (Å²) in [4.78, 5) is 22.0. The molecule has 9 heteroatoms. The number of nitrogens with one attached hydrogen (secondary N) is 2. The molecule has 2 aromatic carbocycles. The van der Waals surface area contributed by atoms with Gasteiger partial charge in [0.25, 0.3) is 11.6 Å². The van der Waals surface area contributed by atoms with Crippen molar-refractivity contribution in [3.63, 3.8) is 0 Å². The van der Waals surface area contributed by atoms with Crippen molar-refractivity contribution in [2.24, 2.45) is 0 Å². The second-order valence-corrected chi connectivity index (χ2v) is 6.00. The largest absolute Gasteiger partial charge is 0.493 e. The number of non-ortho nitro benzene ring substituents is 1. The molecule has 27 heavy (non-hydrogen) atoms. The van der Waals surface area contributed by atoms with Crippen LogP contribution in [-0.2, 0) is 11.4 Å². The van der Waals surface area contributed by atoms with Crippen LogP contribution in [0.4, 0.5) is 5.69 Å². The molecular formula is C18H15N3O5S. The van der Waals surface area contributed by atoms with E-state index >= 15 is 0 Å². The van der Waals surface area contributed by atoms with Crippen molar-refractivity contribution >= 4 is 35.0 Å². The number of benzene rings is 2. The summed E-state index contributed by atoms with van der Waals surface area (Å²) in [5, 5.41) is 16.2. The van der Waals surface area contributed by atoms with Gasteiger partial charge in [0.2, 0.25) is 0 Å². The maximum Gasteiger partial charge on any atom is 0.273 e. The number of carbonyl (C=O) groups is 1. The minimum absolute atomic E-state index is 0.0187. The second kappa shape index (κ2) is 7.83. The van der Waals surface area contributed by atoms with Crippen molar-refractivity contribution < 1.29 is 19.2 Å². The van der Waals surface area contributed by atoms with Crippen LogP contribution in [0.25, 0.3) is 6.08 Å². The fourth-order valence-corrected chi connectivity index (χ4v) is 2.62. The van der Waals surface area contributed by atoms with Crippen molar-refractivity contribution in [1.29, 1.82) is 0 Å². The van der Waals surface area contributed by atoms with Crippen molar-refractivity contribution in [2.75, 3.05) is 7.11 Å². The Bertz CT molecular complexity index is 941. The van der Waals surface area contributed by atoms with Crippen LogP contribution in [0.2, 0.25) is 0 Å². The molecule has 1 aliphatic heterocycles. The standard InChI is InChI=1S/C18H15N3O5S/c1-25-15-7-4-12(8-14-17(22)20-18(27)19-14)9-16(15)26-10-11-2-5-13(6-3-11)21(23)24/h2-9H,10H2,1H3,(H2,19,20,22,27)/b14-8-. The average Bonchev–Trinajstić information content (AvgIpc) is 2.97. The van der Waals surface area contributed by atoms with Gasteiger partial charge in [-0.25, -0.2) is 0 Å². The van der Waals surface area contributed by atoms with E-state index in [4.69, 9.17) is 21.7 Å². The maximum absolute atomic E-state index is 11.7. The zero-order chi connectivity index (χ0) is 19.4. The van der Waals surface area contributed by atoms with Crippen LogP contribution < -0.4 is 20.1 Å². The molecule has 1 fully saturated rings. The summed E-state index contributed by atoms with van der Waals surface area (Å²) in [7, 11) is 1.52. The molecule has 0 aromatic heterocycles. The first-order chi connectivity index (χ1) is 13.0. The van der Waals surface area contributed by atoms with Gasteiger partial charge in [-0.15, -0.1) is 0 Å². The number of methoxy groups -OCH3 is 1. The number of amides is 1. The molecule has 8 nitrogen and oxygen atoms in total. The van der Waals surface area contributed by atoms with Gasteiger partial charge in [-0.05, 0) is 53.7 Å². The number of hydrogen-bond donors (Lipinski definition) is 2. The van der Waals surface area contributed by atoms with Gasteiger partial charge in [0.15, 0.2) is 16.6 Å². The summed E-state index contributed by atoms with van der Waals surface area (Å²) in [6.45, 7) is 0.206. The average molecular weight is 385 g/mol. The first-order valence-corrected chi connectivity index (χ1v) is 8.25. The van der Waals surface area contributed by atoms with Crippen molar-refractivity contribution in [3.8, 4) is 11.5 Å². The van der Waals surface area contributed by atoms with Crippen LogP contribution >= 0.6 is 12.2 Å². The van der Waals surface area contributed by atoms with Gasteiger partial charge < -0.3 is 14.8 Å². The van der Waals surface area contributed by atoms with E-state index in [1.807, 2.05) is 0 Å². The van der Waals surface area contributed by atoms with Crippen LogP contribution in [0.5, 0.6) is 11.5 Å². The molecule has 0 saturated carbocycles. The van der Waals surface area contributed by atoms with Crippen LogP contribution in [0.1, 0.15) is 11.1 Å². The third kappa shape index (κ3) is 4.39. The molecule has 2 aromatic rings. The summed E-state index contributed by atoms with van der Waals surface area (Å²) < 4.78 is 11.1. The lowest BCUT2D eigenvalue weighted by Crippen LogP contribution is -2.21. The number of hydrogen-bond acceptors (Lipinski definition) is 6. The first kappa shape index (κ1) is 18.3. The van der Waals surface area contributed by atoms with Gasteiger partial charge in [-0.1, -0.05) is 6.07 Å². The fraction of sp³-hybridized carbons (Fsp3) is 0.111. The Kier molecular flexibility index (Phi) is 5.32. The molecular weight excluding hydrogens is 370 g/mol. The molecule has 1 saturated heterocycles. The molecule has 0 spiro atoms. The molecule has 0 bridgehead atoms. The Balaban J connectivity index is 1.77. The molecule has 0 radical (unpaired) electrons. The zero-order valence-electron chi connectivity index (χ0n) is 14.2. The Hall–Kier alpha value is -3.46. The molecule has 3 rings (SSSR count). The lowest BCUT2D eigenvalue weighted by Gasteiger charge is -2.11. The Morgan fingerprint density at radius 1 is 1.15 bits per heavy atom. The van der Waals surface area contributed by atoms with Gasteiger partial charge in [-0.2, -0.15) is 0 Å². The molecule has 1 heterocycles. The first-order valence-electron chi connectivity index (χ1n) is 7.84. The van der Waals surface area contributed by atoms with E-state index < -0.39 is 4.92 Å². The highest BCUT2D eigenvalue weighted by Gasteiger charge is 2.20. The predicted molar refractivity (Wildman–Crippen MR) is 102 cm³/mol. The van der Waals surface area contributed by atoms with E-state index in [1.165, 1.54) is 19.2 Å². The normalized spacial score (nSPS) is 14.6. The third-order valence-corrected chi connectivity index (χ3v) is 3.96. The minimum atomic E-state index is -0.455. The quantitative estimate of drug-likeness (QED) is 0.341. The highest BCUT2D eigenvalue weighted by atomic mass is 32.1. The molecule has 2 N–H and O–H groups in total. The van der Waals surface area contributed by atoms with Crippen LogP contribution in [0.15, 0.2) is 48.2 Å². The van der Waals surface area contributed by atoms with Crippen molar-refractivity contribution in [1.82, 2.24) is 10.6 Å². The molecule has 0 atom stereocenters. The number of carbonyl (C=O) groups excluding carboxylic acids is 1. The van der Waals surface area contributed by atoms with Crippen LogP contribution in [-0.4, -0.2) is 23.1 Å². The number of nitro benzene ring substituents is 1. The second-order valence-electron chi connectivity index (χ2n) is 5.59. The summed E-state index contributed by atoms with van der Waals surface area (Å²) in [6.07, 6.45) is 1.65. The Morgan fingerprint density at radius 3 is 2.48 bits per heavy atom. The lowest BCUT2D eigenvalue weighted by molar-refractivity contribution is -0.384. The monoisotopic (exact) mass is 385 g/mol. The Morgan fingerprint density at radius 2 is 1.89 bits per heavy atom. The summed E-state index contributed by atoms with van der Waals surface area (Å²) in [6, 6.07) is 11.3. The lowest BCUT2D eigenvalue weighted by atomic mass is 10.1. The molecule has 0 unspecified atom stereocenters. The number of rotatable bonds is 6. The number of thiocarbonyl (C=S) groups is 1. The van der Waals surface area contributed by atoms with Gasteiger partial charge in [0.05, 0.1) is 12.0 Å². The van der Waals surface area contributed by atoms with E-state index in [-0.39, 0.29) is 23.3 Å². The third-order valence-electron chi connectivity index (χ3n) is 3.76. The van der Waals surface area contributed by atoms with E-state index in [0.29, 0.717) is 17.2 Å². The van der Waals surface area contributed by atoms with Gasteiger partial charge in [-0.3, -0.25) is 20.2 Å². The number of nitrogens with zero attached hydrogens (tertiary/aromatic N) is 1. The fourth-order valence-electron chi connectivity index (χ4n) is 2.42. The van der Waals surface area contributed by atoms with E-state index in [9.17, 15) is 14.9 Å². The number of nitro groups is 1. The highest BCUT2D eigenvalue weighted by Crippen LogP contribution is 2.30. The minimum Gasteiger partial charge on any atom is -0.493 e. The van der Waals surface area contributed by atoms with E-state index in [2.05, 4.69) is 10.6 Å². The van der Waals surface area contributed by atoms with Gasteiger partial charge in [0, 0.05) is 12.1 Å². The highest BCUT2D eigenvalue weighted by molar-refractivity contribution is 7.80. The van der Waals surface area contributed by atoms with E-state index in [1.54, 1.807) is 36.4 Å². The summed E-state index contributed by atoms with van der Waals surface area (Å²) in [5.74, 6) is 0.703. The number of ether oxygens (including phenoxy) is 2. The van der Waals surface area contributed by atoms with Crippen molar-refractivity contribution in [3.05, 3.63) is 69.4 Å². The summed E-state index contributed by atoms with van der Waals surface area (Å²) in [5.41, 5.74) is 1.85. The SMILES string of the molecule is COc1ccc(/C=C2\NC(=S)NC2=O)cc1OCc1ccc([N+](=O)[O-])cc1. The van der Waals surface area contributed by atoms with Crippen LogP contribution in [0, 0.1) is 10.1 Å². The van der Waals surface area contributed by atoms with Gasteiger partial charge >= 0.3 is 0 Å². The zero-order valence-corrected chi connectivity index (χ0v) is 15.0. The van der Waals surface area contributed by atoms with Crippen LogP contribution in [0.3, 0.4) is 0 Å².